The van der Waals surface area contributed by atoms with E-state index in [4.69, 9.17) is 10.9 Å². The van der Waals surface area contributed by atoms with Crippen LogP contribution in [0.15, 0.2) is 18.5 Å². The molecular weight excluding hydrogens is 180 g/mol. The predicted octanol–water partition coefficient (Wildman–Crippen LogP) is -0.721. The molecule has 0 unspecified atom stereocenters. The summed E-state index contributed by atoms with van der Waals surface area (Å²) < 4.78 is 23.1. The molecule has 0 atom stereocenters. The lowest BCUT2D eigenvalue weighted by molar-refractivity contribution is 0.603. The number of nitrogens with zero attached hydrogens (tertiary/aromatic N) is 1. The monoisotopic (exact) mass is 188 g/mol. The Morgan fingerprint density at radius 2 is 2.17 bits per heavy atom. The molecule has 0 fully saturated rings. The van der Waals surface area contributed by atoms with Crippen molar-refractivity contribution in [2.45, 2.75) is 0 Å². The molecule has 0 aromatic carbocycles. The molecule has 5 N–H and O–H groups in total. The summed E-state index contributed by atoms with van der Waals surface area (Å²) in [7, 11) is -3.77. The summed E-state index contributed by atoms with van der Waals surface area (Å²) >= 11 is 0. The van der Waals surface area contributed by atoms with Crippen LogP contribution in [-0.4, -0.2) is 13.4 Å². The van der Waals surface area contributed by atoms with Gasteiger partial charge in [0.2, 0.25) is 0 Å². The number of nitrogens with two attached hydrogens (primary N) is 2. The highest BCUT2D eigenvalue weighted by Crippen LogP contribution is 2.15. The Bertz CT molecular complexity index is 375. The highest BCUT2D eigenvalue weighted by Gasteiger charge is 2.04. The van der Waals surface area contributed by atoms with Gasteiger partial charge in [-0.25, -0.2) is 5.14 Å². The molecule has 7 heteroatoms. The van der Waals surface area contributed by atoms with Gasteiger partial charge >= 0.3 is 0 Å². The van der Waals surface area contributed by atoms with Crippen LogP contribution in [0.5, 0.6) is 0 Å². The molecule has 0 aliphatic heterocycles. The summed E-state index contributed by atoms with van der Waals surface area (Å²) in [6.45, 7) is 0. The molecule has 0 radical (unpaired) electrons. The van der Waals surface area contributed by atoms with Gasteiger partial charge in [0.25, 0.3) is 10.2 Å². The average molecular weight is 188 g/mol. The molecule has 12 heavy (non-hydrogen) atoms. The van der Waals surface area contributed by atoms with E-state index < -0.39 is 10.2 Å². The van der Waals surface area contributed by atoms with Crippen LogP contribution in [0, 0.1) is 0 Å². The molecule has 0 saturated heterocycles. The molecule has 6 nitrogen and oxygen atoms in total. The number of aromatic nitrogens is 1. The second-order valence-electron chi connectivity index (χ2n) is 2.11. The maximum absolute atomic E-state index is 10.5. The van der Waals surface area contributed by atoms with Crippen molar-refractivity contribution in [1.29, 1.82) is 0 Å². The second kappa shape index (κ2) is 2.95. The van der Waals surface area contributed by atoms with Crippen LogP contribution in [0.4, 0.5) is 11.4 Å². The Morgan fingerprint density at radius 1 is 1.50 bits per heavy atom. The largest absolute Gasteiger partial charge is 0.397 e. The number of nitrogen functional groups attached to an aromatic ring is 1. The third-order valence-corrected chi connectivity index (χ3v) is 1.61. The number of hydrogen-bond acceptors (Lipinski definition) is 4. The van der Waals surface area contributed by atoms with Crippen molar-refractivity contribution >= 4 is 21.6 Å². The fourth-order valence-electron chi connectivity index (χ4n) is 0.644. The van der Waals surface area contributed by atoms with Crippen molar-refractivity contribution in [1.82, 2.24) is 4.98 Å². The molecule has 0 saturated carbocycles. The van der Waals surface area contributed by atoms with Gasteiger partial charge in [-0.2, -0.15) is 8.42 Å². The predicted molar refractivity (Wildman–Crippen MR) is 45.4 cm³/mol. The zero-order chi connectivity index (χ0) is 9.19. The van der Waals surface area contributed by atoms with E-state index in [1.165, 1.54) is 18.5 Å². The van der Waals surface area contributed by atoms with Crippen LogP contribution in [0.1, 0.15) is 0 Å². The third kappa shape index (κ3) is 2.36. The smallest absolute Gasteiger partial charge is 0.296 e. The maximum Gasteiger partial charge on any atom is 0.296 e. The molecule has 1 rings (SSSR count). The van der Waals surface area contributed by atoms with Crippen molar-refractivity contribution < 1.29 is 8.42 Å². The summed E-state index contributed by atoms with van der Waals surface area (Å²) in [5, 5.41) is 4.71. The van der Waals surface area contributed by atoms with Gasteiger partial charge < -0.3 is 5.73 Å². The number of pyridine rings is 1. The average Bonchev–Trinajstić information content (AvgIpc) is 1.91. The van der Waals surface area contributed by atoms with Crippen LogP contribution >= 0.6 is 0 Å². The summed E-state index contributed by atoms with van der Waals surface area (Å²) in [6.07, 6.45) is 2.73. The van der Waals surface area contributed by atoms with E-state index in [0.717, 1.165) is 0 Å². The Labute approximate surface area is 69.8 Å². The minimum atomic E-state index is -3.77. The molecule has 0 aliphatic rings. The lowest BCUT2D eigenvalue weighted by atomic mass is 10.4. The van der Waals surface area contributed by atoms with Crippen LogP contribution in [0.25, 0.3) is 0 Å². The number of rotatable bonds is 2. The molecule has 66 valence electrons. The van der Waals surface area contributed by atoms with Gasteiger partial charge in [0.15, 0.2) is 0 Å². The van der Waals surface area contributed by atoms with Crippen molar-refractivity contribution in [3.8, 4) is 0 Å². The Balaban J connectivity index is 2.98. The quantitative estimate of drug-likeness (QED) is 0.568. The van der Waals surface area contributed by atoms with E-state index in [1.807, 2.05) is 4.72 Å². The van der Waals surface area contributed by atoms with E-state index in [1.54, 1.807) is 0 Å². The molecule has 0 bridgehead atoms. The van der Waals surface area contributed by atoms with Crippen molar-refractivity contribution in [3.63, 3.8) is 0 Å². The van der Waals surface area contributed by atoms with Crippen LogP contribution in [-0.2, 0) is 10.2 Å². The summed E-state index contributed by atoms with van der Waals surface area (Å²) in [4.78, 5) is 3.67. The fraction of sp³-hybridized carbons (Fsp3) is 0. The first-order valence-corrected chi connectivity index (χ1v) is 4.54. The van der Waals surface area contributed by atoms with E-state index in [-0.39, 0.29) is 11.4 Å². The van der Waals surface area contributed by atoms with Crippen LogP contribution in [0.3, 0.4) is 0 Å². The topological polar surface area (TPSA) is 111 Å². The van der Waals surface area contributed by atoms with Gasteiger partial charge in [-0.3, -0.25) is 9.71 Å². The lowest BCUT2D eigenvalue weighted by Crippen LogP contribution is -2.22. The maximum atomic E-state index is 10.5. The minimum absolute atomic E-state index is 0.181. The van der Waals surface area contributed by atoms with Crippen LogP contribution in [0.2, 0.25) is 0 Å². The zero-order valence-electron chi connectivity index (χ0n) is 6.06. The highest BCUT2D eigenvalue weighted by atomic mass is 32.2. The standard InChI is InChI=1S/C5H8N4O2S/c6-4-1-2-8-3-5(4)9-12(7,10)11/h1-3,9H,(H2,6,8)(H2,7,10,11). The van der Waals surface area contributed by atoms with E-state index in [9.17, 15) is 8.42 Å². The van der Waals surface area contributed by atoms with Crippen molar-refractivity contribution in [2.75, 3.05) is 10.5 Å². The van der Waals surface area contributed by atoms with Gasteiger partial charge in [-0.15, -0.1) is 0 Å². The van der Waals surface area contributed by atoms with E-state index in [0.29, 0.717) is 0 Å². The van der Waals surface area contributed by atoms with Gasteiger partial charge in [0.1, 0.15) is 0 Å². The second-order valence-corrected chi connectivity index (χ2v) is 3.40. The van der Waals surface area contributed by atoms with E-state index in [2.05, 4.69) is 4.98 Å². The number of nitrogens with one attached hydrogen (secondary N) is 1. The molecule has 1 aromatic heterocycles. The van der Waals surface area contributed by atoms with Crippen LogP contribution < -0.4 is 15.6 Å². The lowest BCUT2D eigenvalue weighted by Gasteiger charge is -2.04. The van der Waals surface area contributed by atoms with Crippen molar-refractivity contribution in [3.05, 3.63) is 18.5 Å². The summed E-state index contributed by atoms with van der Waals surface area (Å²) in [5.74, 6) is 0. The highest BCUT2D eigenvalue weighted by molar-refractivity contribution is 7.90. The fourth-order valence-corrected chi connectivity index (χ4v) is 1.12. The first-order valence-electron chi connectivity index (χ1n) is 2.99. The Kier molecular flexibility index (Phi) is 2.15. The third-order valence-electron chi connectivity index (χ3n) is 1.11. The molecule has 0 amide bonds. The summed E-state index contributed by atoms with van der Waals surface area (Å²) in [5.41, 5.74) is 5.86. The molecule has 0 spiro atoms. The Hall–Kier alpha value is -1.34. The number of anilines is 2. The number of hydrogen-bond donors (Lipinski definition) is 3. The van der Waals surface area contributed by atoms with Gasteiger partial charge in [-0.05, 0) is 6.07 Å². The first-order chi connectivity index (χ1) is 5.49. The van der Waals surface area contributed by atoms with E-state index >= 15 is 0 Å². The van der Waals surface area contributed by atoms with Crippen molar-refractivity contribution in [2.24, 2.45) is 5.14 Å². The minimum Gasteiger partial charge on any atom is -0.397 e. The molecule has 1 aromatic rings. The Morgan fingerprint density at radius 3 is 2.67 bits per heavy atom. The first kappa shape index (κ1) is 8.75. The van der Waals surface area contributed by atoms with Gasteiger partial charge in [-0.1, -0.05) is 0 Å². The van der Waals surface area contributed by atoms with Gasteiger partial charge in [0, 0.05) is 6.20 Å². The molecular formula is C5H8N4O2S. The summed E-state index contributed by atoms with van der Waals surface area (Å²) in [6, 6.07) is 1.47. The normalized spacial score (nSPS) is 11.1. The zero-order valence-corrected chi connectivity index (χ0v) is 6.88. The van der Waals surface area contributed by atoms with Gasteiger partial charge in [0.05, 0.1) is 17.6 Å². The molecule has 1 heterocycles. The molecule has 0 aliphatic carbocycles. The SMILES string of the molecule is Nc1ccncc1NS(N)(=O)=O.